The summed E-state index contributed by atoms with van der Waals surface area (Å²) in [6.07, 6.45) is 2.24. The number of aromatic amines is 1. The number of aromatic nitrogens is 3. The summed E-state index contributed by atoms with van der Waals surface area (Å²) in [6.45, 7) is 1.36. The van der Waals surface area contributed by atoms with Crippen LogP contribution in [0.1, 0.15) is 11.7 Å². The Balaban J connectivity index is 1.64. The molecule has 2 aromatic heterocycles. The van der Waals surface area contributed by atoms with Gasteiger partial charge in [0.05, 0.1) is 25.0 Å². The summed E-state index contributed by atoms with van der Waals surface area (Å²) in [5.41, 5.74) is 0.898. The first-order valence-corrected chi connectivity index (χ1v) is 8.43. The summed E-state index contributed by atoms with van der Waals surface area (Å²) in [4.78, 5) is 24.8. The summed E-state index contributed by atoms with van der Waals surface area (Å²) in [5, 5.41) is 0. The maximum atomic E-state index is 14.0. The van der Waals surface area contributed by atoms with E-state index < -0.39 is 5.82 Å². The first-order valence-electron chi connectivity index (χ1n) is 8.43. The Labute approximate surface area is 153 Å². The Morgan fingerprint density at radius 2 is 2.00 bits per heavy atom. The average Bonchev–Trinajstić information content (AvgIpc) is 2.68. The fraction of sp³-hybridized carbons (Fsp3) is 0.211. The Morgan fingerprint density at radius 3 is 2.78 bits per heavy atom. The van der Waals surface area contributed by atoms with Crippen molar-refractivity contribution in [2.45, 2.75) is 6.10 Å². The highest BCUT2D eigenvalue weighted by Gasteiger charge is 2.24. The van der Waals surface area contributed by atoms with E-state index in [1.54, 1.807) is 12.1 Å². The lowest BCUT2D eigenvalue weighted by molar-refractivity contribution is 0.0392. The molecule has 0 spiro atoms. The minimum atomic E-state index is -0.548. The number of benzene rings is 1. The van der Waals surface area contributed by atoms with Crippen molar-refractivity contribution in [3.63, 3.8) is 0 Å². The molecule has 3 heterocycles. The van der Waals surface area contributed by atoms with Crippen LogP contribution in [-0.4, -0.2) is 34.6 Å². The van der Waals surface area contributed by atoms with E-state index in [2.05, 4.69) is 15.0 Å². The molecule has 0 radical (unpaired) electrons. The topological polar surface area (TPSA) is 71.1 Å². The van der Waals surface area contributed by atoms with Crippen molar-refractivity contribution < 1.29 is 13.5 Å². The minimum Gasteiger partial charge on any atom is -0.370 e. The molecule has 1 N–H and O–H groups in total. The van der Waals surface area contributed by atoms with E-state index in [1.807, 2.05) is 4.90 Å². The van der Waals surface area contributed by atoms with Gasteiger partial charge in [-0.3, -0.25) is 14.8 Å². The number of morpholine rings is 1. The molecule has 1 saturated heterocycles. The van der Waals surface area contributed by atoms with Crippen molar-refractivity contribution in [3.05, 3.63) is 76.3 Å². The van der Waals surface area contributed by atoms with Gasteiger partial charge in [0.1, 0.15) is 11.9 Å². The van der Waals surface area contributed by atoms with Crippen LogP contribution in [0, 0.1) is 11.6 Å². The molecule has 4 rings (SSSR count). The molecular formula is C19H16F2N4O2. The molecule has 1 aliphatic heterocycles. The third-order valence-electron chi connectivity index (χ3n) is 4.39. The summed E-state index contributed by atoms with van der Waals surface area (Å²) >= 11 is 0. The van der Waals surface area contributed by atoms with Crippen molar-refractivity contribution in [2.75, 3.05) is 24.6 Å². The highest BCUT2D eigenvalue weighted by molar-refractivity contribution is 5.60. The van der Waals surface area contributed by atoms with Gasteiger partial charge in [-0.25, -0.2) is 13.8 Å². The number of nitrogens with zero attached hydrogens (tertiary/aromatic N) is 3. The van der Waals surface area contributed by atoms with Crippen molar-refractivity contribution in [2.24, 2.45) is 0 Å². The summed E-state index contributed by atoms with van der Waals surface area (Å²) in [6, 6.07) is 8.82. The largest absolute Gasteiger partial charge is 0.370 e. The first kappa shape index (κ1) is 17.3. The van der Waals surface area contributed by atoms with E-state index in [4.69, 9.17) is 4.74 Å². The summed E-state index contributed by atoms with van der Waals surface area (Å²) in [7, 11) is 0. The zero-order chi connectivity index (χ0) is 18.8. The SMILES string of the molecule is O=c1cc(-c2ccncc2F)nc(N2CCO[C@@H](c3ccc(F)cc3)C2)[nH]1. The maximum absolute atomic E-state index is 14.0. The molecule has 0 bridgehead atoms. The van der Waals surface area contributed by atoms with Gasteiger partial charge in [0.2, 0.25) is 5.95 Å². The smallest absolute Gasteiger partial charge is 0.252 e. The highest BCUT2D eigenvalue weighted by Crippen LogP contribution is 2.26. The van der Waals surface area contributed by atoms with E-state index in [1.165, 1.54) is 30.5 Å². The van der Waals surface area contributed by atoms with Gasteiger partial charge in [-0.05, 0) is 23.8 Å². The van der Waals surface area contributed by atoms with Gasteiger partial charge < -0.3 is 9.64 Å². The van der Waals surface area contributed by atoms with Crippen LogP contribution < -0.4 is 10.5 Å². The number of halogens is 2. The summed E-state index contributed by atoms with van der Waals surface area (Å²) < 4.78 is 32.9. The molecule has 6 nitrogen and oxygen atoms in total. The van der Waals surface area contributed by atoms with Crippen LogP contribution in [0.5, 0.6) is 0 Å². The van der Waals surface area contributed by atoms with Gasteiger partial charge in [0.15, 0.2) is 5.82 Å². The van der Waals surface area contributed by atoms with Crippen molar-refractivity contribution in [3.8, 4) is 11.3 Å². The van der Waals surface area contributed by atoms with Crippen LogP contribution >= 0.6 is 0 Å². The molecule has 27 heavy (non-hydrogen) atoms. The van der Waals surface area contributed by atoms with E-state index in [-0.39, 0.29) is 28.7 Å². The van der Waals surface area contributed by atoms with Gasteiger partial charge in [0, 0.05) is 24.4 Å². The maximum Gasteiger partial charge on any atom is 0.252 e. The van der Waals surface area contributed by atoms with Crippen LogP contribution in [0.4, 0.5) is 14.7 Å². The predicted molar refractivity (Wildman–Crippen MR) is 95.4 cm³/mol. The third-order valence-corrected chi connectivity index (χ3v) is 4.39. The molecule has 0 unspecified atom stereocenters. The van der Waals surface area contributed by atoms with Gasteiger partial charge in [-0.15, -0.1) is 0 Å². The third kappa shape index (κ3) is 3.70. The predicted octanol–water partition coefficient (Wildman–Crippen LogP) is 2.69. The molecule has 0 saturated carbocycles. The van der Waals surface area contributed by atoms with E-state index in [9.17, 15) is 13.6 Å². The lowest BCUT2D eigenvalue weighted by atomic mass is 10.1. The highest BCUT2D eigenvalue weighted by atomic mass is 19.1. The molecule has 8 heteroatoms. The minimum absolute atomic E-state index is 0.209. The Kier molecular flexibility index (Phi) is 4.64. The van der Waals surface area contributed by atoms with Crippen molar-refractivity contribution in [1.82, 2.24) is 15.0 Å². The number of rotatable bonds is 3. The number of hydrogen-bond donors (Lipinski definition) is 1. The molecule has 1 atom stereocenters. The van der Waals surface area contributed by atoms with Crippen LogP contribution in [0.15, 0.2) is 53.6 Å². The van der Waals surface area contributed by atoms with Gasteiger partial charge >= 0.3 is 0 Å². The lowest BCUT2D eigenvalue weighted by Gasteiger charge is -2.33. The zero-order valence-corrected chi connectivity index (χ0v) is 14.2. The molecule has 0 amide bonds. The van der Waals surface area contributed by atoms with Crippen LogP contribution in [0.2, 0.25) is 0 Å². The van der Waals surface area contributed by atoms with Gasteiger partial charge in [0.25, 0.3) is 5.56 Å². The average molecular weight is 370 g/mol. The lowest BCUT2D eigenvalue weighted by Crippen LogP contribution is -2.40. The van der Waals surface area contributed by atoms with Gasteiger partial charge in [-0.2, -0.15) is 0 Å². The Bertz CT molecular complexity index is 1010. The second-order valence-electron chi connectivity index (χ2n) is 6.17. The van der Waals surface area contributed by atoms with E-state index in [0.29, 0.717) is 25.6 Å². The zero-order valence-electron chi connectivity index (χ0n) is 14.2. The van der Waals surface area contributed by atoms with Crippen LogP contribution in [-0.2, 0) is 4.74 Å². The molecule has 1 fully saturated rings. The summed E-state index contributed by atoms with van der Waals surface area (Å²) in [5.74, 6) is -0.527. The number of hydrogen-bond acceptors (Lipinski definition) is 5. The van der Waals surface area contributed by atoms with E-state index >= 15 is 0 Å². The number of H-pyrrole nitrogens is 1. The second-order valence-corrected chi connectivity index (χ2v) is 6.17. The quantitative estimate of drug-likeness (QED) is 0.768. The number of nitrogens with one attached hydrogen (secondary N) is 1. The second kappa shape index (κ2) is 7.24. The number of anilines is 1. The molecule has 138 valence electrons. The van der Waals surface area contributed by atoms with Crippen molar-refractivity contribution >= 4 is 5.95 Å². The molecule has 0 aliphatic carbocycles. The fourth-order valence-corrected chi connectivity index (χ4v) is 3.04. The van der Waals surface area contributed by atoms with E-state index in [0.717, 1.165) is 11.8 Å². The Morgan fingerprint density at radius 1 is 1.19 bits per heavy atom. The molecule has 1 aromatic carbocycles. The monoisotopic (exact) mass is 370 g/mol. The number of ether oxygens (including phenoxy) is 1. The Hall–Kier alpha value is -3.13. The molecular weight excluding hydrogens is 354 g/mol. The fourth-order valence-electron chi connectivity index (χ4n) is 3.04. The molecule has 3 aromatic rings. The van der Waals surface area contributed by atoms with Crippen LogP contribution in [0.25, 0.3) is 11.3 Å². The normalized spacial score (nSPS) is 17.1. The van der Waals surface area contributed by atoms with Crippen LogP contribution in [0.3, 0.4) is 0 Å². The molecule has 1 aliphatic rings. The standard InChI is InChI=1S/C19H16F2N4O2/c20-13-3-1-12(2-4-13)17-11-25(7-8-27-17)19-23-16(9-18(26)24-19)14-5-6-22-10-15(14)21/h1-6,9-10,17H,7-8,11H2,(H,23,24,26)/t17-/m1/s1. The number of pyridine rings is 1. The van der Waals surface area contributed by atoms with Crippen molar-refractivity contribution in [1.29, 1.82) is 0 Å². The van der Waals surface area contributed by atoms with Gasteiger partial charge in [-0.1, -0.05) is 12.1 Å². The first-order chi connectivity index (χ1) is 13.1.